The van der Waals surface area contributed by atoms with Crippen molar-refractivity contribution in [3.05, 3.63) is 77.6 Å². The quantitative estimate of drug-likeness (QED) is 0.160. The van der Waals surface area contributed by atoms with E-state index in [4.69, 9.17) is 14.5 Å². The SMILES string of the molecule is C=CC(=O)NC(C)c1cc(-c2nc(-c3cnnc(C)c3)c3ccsc3c2-c2c(F)cc(F)cc2OCCOC)n[nH]1. The lowest BCUT2D eigenvalue weighted by Crippen LogP contribution is -2.24. The van der Waals surface area contributed by atoms with Crippen LogP contribution in [0, 0.1) is 18.6 Å². The number of hydrogen-bond donors (Lipinski definition) is 2. The number of pyridine rings is 1. The largest absolute Gasteiger partial charge is 0.490 e. The number of methoxy groups -OCH3 is 1. The minimum Gasteiger partial charge on any atom is -0.490 e. The van der Waals surface area contributed by atoms with Crippen LogP contribution in [-0.4, -0.2) is 51.6 Å². The van der Waals surface area contributed by atoms with Gasteiger partial charge in [-0.25, -0.2) is 13.8 Å². The molecule has 0 saturated heterocycles. The van der Waals surface area contributed by atoms with Gasteiger partial charge in [0.1, 0.15) is 35.4 Å². The molecular formula is C29H26F2N6O3S. The van der Waals surface area contributed by atoms with Gasteiger partial charge in [0, 0.05) is 40.5 Å². The van der Waals surface area contributed by atoms with Gasteiger partial charge >= 0.3 is 0 Å². The lowest BCUT2D eigenvalue weighted by molar-refractivity contribution is -0.117. The number of H-pyrrole nitrogens is 1. The van der Waals surface area contributed by atoms with E-state index in [1.54, 1.807) is 19.2 Å². The molecule has 210 valence electrons. The molecule has 0 bridgehead atoms. The number of carbonyl (C=O) groups excluding carboxylic acids is 1. The highest BCUT2D eigenvalue weighted by atomic mass is 32.1. The number of aromatic nitrogens is 5. The van der Waals surface area contributed by atoms with E-state index < -0.39 is 17.7 Å². The molecular weight excluding hydrogens is 550 g/mol. The highest BCUT2D eigenvalue weighted by molar-refractivity contribution is 7.18. The Morgan fingerprint density at radius 3 is 2.78 bits per heavy atom. The number of fused-ring (bicyclic) bond motifs is 1. The van der Waals surface area contributed by atoms with E-state index in [-0.39, 0.29) is 30.4 Å². The highest BCUT2D eigenvalue weighted by Crippen LogP contribution is 2.47. The molecule has 1 unspecified atom stereocenters. The highest BCUT2D eigenvalue weighted by Gasteiger charge is 2.27. The van der Waals surface area contributed by atoms with Crippen molar-refractivity contribution in [1.82, 2.24) is 30.7 Å². The summed E-state index contributed by atoms with van der Waals surface area (Å²) in [6, 6.07) is 7.00. The molecule has 0 aliphatic heterocycles. The first-order valence-electron chi connectivity index (χ1n) is 12.6. The van der Waals surface area contributed by atoms with Gasteiger partial charge in [-0.05, 0) is 43.5 Å². The Kier molecular flexibility index (Phi) is 8.13. The molecule has 9 nitrogen and oxygen atoms in total. The standard InChI is InChI=1S/C29H26F2N6O3S/c1-5-24(38)33-16(3)21-13-22(37-36-21)28-26(25-20(31)11-18(30)12-23(25)40-8-7-39-4)29-19(6-9-41-29)27(34-28)17-10-15(2)35-32-14-17/h5-6,9-14,16H,1,7-8H2,2-4H3,(H,33,38)(H,36,37). The number of rotatable bonds is 10. The predicted molar refractivity (Wildman–Crippen MR) is 152 cm³/mol. The second kappa shape index (κ2) is 11.9. The van der Waals surface area contributed by atoms with Crippen molar-refractivity contribution in [3.63, 3.8) is 0 Å². The topological polar surface area (TPSA) is 115 Å². The van der Waals surface area contributed by atoms with Gasteiger partial charge in [0.15, 0.2) is 0 Å². The van der Waals surface area contributed by atoms with E-state index in [1.165, 1.54) is 24.5 Å². The number of carbonyl (C=O) groups is 1. The molecule has 4 heterocycles. The van der Waals surface area contributed by atoms with Gasteiger partial charge in [0.05, 0.1) is 41.5 Å². The Morgan fingerprint density at radius 1 is 1.20 bits per heavy atom. The number of halogens is 2. The van der Waals surface area contributed by atoms with Crippen LogP contribution in [0.2, 0.25) is 0 Å². The predicted octanol–water partition coefficient (Wildman–Crippen LogP) is 5.79. The number of thiophene rings is 1. The summed E-state index contributed by atoms with van der Waals surface area (Å²) in [5.74, 6) is -1.93. The maximum absolute atomic E-state index is 15.8. The lowest BCUT2D eigenvalue weighted by Gasteiger charge is -2.17. The number of ether oxygens (including phenoxy) is 2. The first-order valence-corrected chi connectivity index (χ1v) is 13.5. The van der Waals surface area contributed by atoms with Crippen LogP contribution in [0.5, 0.6) is 5.75 Å². The first kappa shape index (κ1) is 28.0. The van der Waals surface area contributed by atoms with E-state index in [0.29, 0.717) is 44.3 Å². The van der Waals surface area contributed by atoms with Crippen molar-refractivity contribution in [1.29, 1.82) is 0 Å². The van der Waals surface area contributed by atoms with Gasteiger partial charge in [-0.1, -0.05) is 6.58 Å². The van der Waals surface area contributed by atoms with Crippen molar-refractivity contribution in [2.24, 2.45) is 0 Å². The van der Waals surface area contributed by atoms with E-state index in [2.05, 4.69) is 32.3 Å². The van der Waals surface area contributed by atoms with Crippen LogP contribution in [-0.2, 0) is 9.53 Å². The summed E-state index contributed by atoms with van der Waals surface area (Å²) in [6.45, 7) is 7.40. The zero-order valence-corrected chi connectivity index (χ0v) is 23.3. The number of hydrogen-bond acceptors (Lipinski definition) is 8. The maximum Gasteiger partial charge on any atom is 0.243 e. The van der Waals surface area contributed by atoms with Gasteiger partial charge in [-0.3, -0.25) is 9.89 Å². The van der Waals surface area contributed by atoms with E-state index >= 15 is 4.39 Å². The van der Waals surface area contributed by atoms with E-state index in [0.717, 1.165) is 17.5 Å². The van der Waals surface area contributed by atoms with Crippen LogP contribution in [0.15, 0.2) is 54.6 Å². The van der Waals surface area contributed by atoms with Gasteiger partial charge in [0.25, 0.3) is 0 Å². The van der Waals surface area contributed by atoms with Crippen LogP contribution in [0.25, 0.3) is 43.9 Å². The number of aryl methyl sites for hydroxylation is 1. The molecule has 2 N–H and O–H groups in total. The molecule has 0 fully saturated rings. The zero-order valence-electron chi connectivity index (χ0n) is 22.5. The number of nitrogens with zero attached hydrogens (tertiary/aromatic N) is 4. The average molecular weight is 577 g/mol. The molecule has 0 aliphatic rings. The normalized spacial score (nSPS) is 11.9. The van der Waals surface area contributed by atoms with Crippen molar-refractivity contribution in [2.45, 2.75) is 19.9 Å². The Balaban J connectivity index is 1.79. The minimum atomic E-state index is -0.813. The fourth-order valence-corrected chi connectivity index (χ4v) is 5.38. The van der Waals surface area contributed by atoms with E-state index in [9.17, 15) is 9.18 Å². The monoisotopic (exact) mass is 576 g/mol. The smallest absolute Gasteiger partial charge is 0.243 e. The summed E-state index contributed by atoms with van der Waals surface area (Å²) in [4.78, 5) is 16.9. The van der Waals surface area contributed by atoms with Crippen LogP contribution in [0.4, 0.5) is 8.78 Å². The van der Waals surface area contributed by atoms with Crippen molar-refractivity contribution in [3.8, 4) is 39.5 Å². The summed E-state index contributed by atoms with van der Waals surface area (Å²) >= 11 is 1.38. The summed E-state index contributed by atoms with van der Waals surface area (Å²) in [5, 5.41) is 21.0. The Bertz CT molecular complexity index is 1750. The van der Waals surface area contributed by atoms with Gasteiger partial charge in [-0.2, -0.15) is 15.3 Å². The third kappa shape index (κ3) is 5.70. The molecule has 4 aromatic heterocycles. The molecule has 0 aliphatic carbocycles. The molecule has 1 amide bonds. The molecule has 41 heavy (non-hydrogen) atoms. The fraction of sp³-hybridized carbons (Fsp3) is 0.207. The Labute approximate surface area is 238 Å². The zero-order chi connectivity index (χ0) is 29.1. The Morgan fingerprint density at radius 2 is 2.02 bits per heavy atom. The average Bonchev–Trinajstić information content (AvgIpc) is 3.63. The maximum atomic E-state index is 15.8. The van der Waals surface area contributed by atoms with Crippen molar-refractivity contribution in [2.75, 3.05) is 20.3 Å². The second-order valence-electron chi connectivity index (χ2n) is 9.18. The number of amides is 1. The minimum absolute atomic E-state index is 0.00819. The number of aromatic amines is 1. The molecule has 0 radical (unpaired) electrons. The summed E-state index contributed by atoms with van der Waals surface area (Å²) in [6.07, 6.45) is 2.79. The van der Waals surface area contributed by atoms with Crippen LogP contribution in [0.1, 0.15) is 24.4 Å². The van der Waals surface area contributed by atoms with Gasteiger partial charge in [-0.15, -0.1) is 11.3 Å². The molecule has 5 aromatic rings. The van der Waals surface area contributed by atoms with E-state index in [1.807, 2.05) is 24.4 Å². The second-order valence-corrected chi connectivity index (χ2v) is 10.1. The Hall–Kier alpha value is -4.55. The number of benzene rings is 1. The summed E-state index contributed by atoms with van der Waals surface area (Å²) < 4.78 is 41.7. The fourth-order valence-electron chi connectivity index (χ4n) is 4.44. The van der Waals surface area contributed by atoms with Gasteiger partial charge in [0.2, 0.25) is 5.91 Å². The molecule has 1 aromatic carbocycles. The lowest BCUT2D eigenvalue weighted by atomic mass is 9.96. The van der Waals surface area contributed by atoms with Crippen molar-refractivity contribution >= 4 is 27.3 Å². The molecule has 0 saturated carbocycles. The molecule has 1 atom stereocenters. The third-order valence-electron chi connectivity index (χ3n) is 6.32. The van der Waals surface area contributed by atoms with Crippen LogP contribution in [0.3, 0.4) is 0 Å². The van der Waals surface area contributed by atoms with Gasteiger partial charge < -0.3 is 14.8 Å². The molecule has 0 spiro atoms. The third-order valence-corrected chi connectivity index (χ3v) is 7.25. The molecule has 12 heteroatoms. The van der Waals surface area contributed by atoms with Crippen LogP contribution < -0.4 is 10.1 Å². The summed E-state index contributed by atoms with van der Waals surface area (Å²) in [7, 11) is 1.51. The first-order chi connectivity index (χ1) is 19.8. The molecule has 5 rings (SSSR count). The van der Waals surface area contributed by atoms with Crippen LogP contribution >= 0.6 is 11.3 Å². The summed E-state index contributed by atoms with van der Waals surface area (Å²) in [5.41, 5.74) is 3.76. The van der Waals surface area contributed by atoms with Crippen molar-refractivity contribution < 1.29 is 23.0 Å². The number of nitrogens with one attached hydrogen (secondary N) is 2.